The van der Waals surface area contributed by atoms with Crippen molar-refractivity contribution in [2.24, 2.45) is 0 Å². The number of nitrogens with one attached hydrogen (secondary N) is 3. The predicted molar refractivity (Wildman–Crippen MR) is 111 cm³/mol. The first kappa shape index (κ1) is 23.8. The van der Waals surface area contributed by atoms with Crippen molar-refractivity contribution in [3.05, 3.63) is 35.4 Å². The Kier molecular flexibility index (Phi) is 8.12. The topological polar surface area (TPSA) is 134 Å². The standard InChI is InChI=1S/C21H28N4O6/c1-21(2,3)31-20(30)24-13-17(27)23-11-6-10-22-16(26)9-12-25-18(28)14-7-4-5-8-15(14)19(25)29/h4-5,7-8H,6,9-13H2,1-3H3,(H,22,26)(H,23,27)(H,24,30). The highest BCUT2D eigenvalue weighted by Crippen LogP contribution is 2.22. The third-order valence-corrected chi connectivity index (χ3v) is 4.23. The summed E-state index contributed by atoms with van der Waals surface area (Å²) in [6, 6.07) is 6.55. The van der Waals surface area contributed by atoms with Crippen LogP contribution < -0.4 is 16.0 Å². The minimum absolute atomic E-state index is 0.00235. The van der Waals surface area contributed by atoms with Gasteiger partial charge in [0.25, 0.3) is 11.8 Å². The number of hydrogen-bond donors (Lipinski definition) is 3. The Bertz CT molecular complexity index is 827. The van der Waals surface area contributed by atoms with Gasteiger partial charge in [-0.05, 0) is 39.3 Å². The molecule has 1 aliphatic rings. The molecule has 0 fully saturated rings. The van der Waals surface area contributed by atoms with Gasteiger partial charge < -0.3 is 20.7 Å². The molecule has 5 amide bonds. The van der Waals surface area contributed by atoms with E-state index >= 15 is 0 Å². The fraction of sp³-hybridized carbons (Fsp3) is 0.476. The summed E-state index contributed by atoms with van der Waals surface area (Å²) in [6.07, 6.45) is -0.192. The van der Waals surface area contributed by atoms with Crippen molar-refractivity contribution < 1.29 is 28.7 Å². The zero-order valence-corrected chi connectivity index (χ0v) is 17.9. The molecule has 168 valence electrons. The molecular formula is C21H28N4O6. The zero-order chi connectivity index (χ0) is 23.0. The van der Waals surface area contributed by atoms with Gasteiger partial charge in [0.1, 0.15) is 5.60 Å². The van der Waals surface area contributed by atoms with Gasteiger partial charge in [0.15, 0.2) is 0 Å². The fourth-order valence-electron chi connectivity index (χ4n) is 2.82. The van der Waals surface area contributed by atoms with Crippen LogP contribution in [0.4, 0.5) is 4.79 Å². The number of nitrogens with zero attached hydrogens (tertiary/aromatic N) is 1. The van der Waals surface area contributed by atoms with Crippen molar-refractivity contribution in [1.29, 1.82) is 0 Å². The van der Waals surface area contributed by atoms with Gasteiger partial charge in [-0.1, -0.05) is 12.1 Å². The molecule has 10 heteroatoms. The van der Waals surface area contributed by atoms with Gasteiger partial charge in [0.2, 0.25) is 11.8 Å². The van der Waals surface area contributed by atoms with E-state index in [-0.39, 0.29) is 31.3 Å². The molecular weight excluding hydrogens is 404 g/mol. The van der Waals surface area contributed by atoms with Crippen LogP contribution in [0, 0.1) is 0 Å². The van der Waals surface area contributed by atoms with Crippen molar-refractivity contribution >= 4 is 29.7 Å². The summed E-state index contributed by atoms with van der Waals surface area (Å²) in [6.45, 7) is 5.60. The second-order valence-electron chi connectivity index (χ2n) is 7.97. The number of carbonyl (C=O) groups is 5. The maximum atomic E-state index is 12.2. The van der Waals surface area contributed by atoms with Crippen LogP contribution >= 0.6 is 0 Å². The maximum absolute atomic E-state index is 12.2. The lowest BCUT2D eigenvalue weighted by atomic mass is 10.1. The van der Waals surface area contributed by atoms with Gasteiger partial charge >= 0.3 is 6.09 Å². The molecule has 0 aromatic heterocycles. The summed E-state index contributed by atoms with van der Waals surface area (Å²) >= 11 is 0. The Morgan fingerprint density at radius 3 is 2.00 bits per heavy atom. The average molecular weight is 432 g/mol. The average Bonchev–Trinajstić information content (AvgIpc) is 2.94. The molecule has 1 heterocycles. The number of amides is 5. The molecule has 0 radical (unpaired) electrons. The number of ether oxygens (including phenoxy) is 1. The smallest absolute Gasteiger partial charge is 0.408 e. The van der Waals surface area contributed by atoms with E-state index in [9.17, 15) is 24.0 Å². The molecule has 0 spiro atoms. The second-order valence-corrected chi connectivity index (χ2v) is 7.97. The minimum Gasteiger partial charge on any atom is -0.444 e. The van der Waals surface area contributed by atoms with E-state index < -0.39 is 23.5 Å². The monoisotopic (exact) mass is 432 g/mol. The number of rotatable bonds is 9. The van der Waals surface area contributed by atoms with Crippen LogP contribution in [-0.4, -0.2) is 66.4 Å². The van der Waals surface area contributed by atoms with Crippen LogP contribution in [0.5, 0.6) is 0 Å². The molecule has 2 rings (SSSR count). The molecule has 1 aromatic rings. The molecule has 1 aromatic carbocycles. The van der Waals surface area contributed by atoms with E-state index in [4.69, 9.17) is 4.74 Å². The molecule has 0 atom stereocenters. The first-order valence-corrected chi connectivity index (χ1v) is 10.0. The summed E-state index contributed by atoms with van der Waals surface area (Å²) in [5.74, 6) is -1.45. The van der Waals surface area contributed by atoms with E-state index in [1.807, 2.05) is 0 Å². The number of alkyl carbamates (subject to hydrolysis) is 1. The molecule has 0 saturated carbocycles. The quantitative estimate of drug-likeness (QED) is 0.391. The van der Waals surface area contributed by atoms with E-state index in [2.05, 4.69) is 16.0 Å². The van der Waals surface area contributed by atoms with Gasteiger partial charge in [-0.3, -0.25) is 24.1 Å². The first-order chi connectivity index (χ1) is 14.6. The molecule has 1 aliphatic heterocycles. The van der Waals surface area contributed by atoms with Crippen LogP contribution in [0.2, 0.25) is 0 Å². The van der Waals surface area contributed by atoms with E-state index in [1.165, 1.54) is 0 Å². The third-order valence-electron chi connectivity index (χ3n) is 4.23. The summed E-state index contributed by atoms with van der Waals surface area (Å²) in [5.41, 5.74) is 0.0626. The molecule has 0 bridgehead atoms. The number of benzene rings is 1. The Hall–Kier alpha value is -3.43. The van der Waals surface area contributed by atoms with Crippen molar-refractivity contribution in [3.63, 3.8) is 0 Å². The predicted octanol–water partition coefficient (Wildman–Crippen LogP) is 0.820. The largest absolute Gasteiger partial charge is 0.444 e. The van der Waals surface area contributed by atoms with Gasteiger partial charge in [-0.2, -0.15) is 0 Å². The van der Waals surface area contributed by atoms with Crippen molar-refractivity contribution in [2.45, 2.75) is 39.2 Å². The second kappa shape index (κ2) is 10.6. The highest BCUT2D eigenvalue weighted by Gasteiger charge is 2.34. The Morgan fingerprint density at radius 2 is 1.45 bits per heavy atom. The SMILES string of the molecule is CC(C)(C)OC(=O)NCC(=O)NCCCNC(=O)CCN1C(=O)c2ccccc2C1=O. The fourth-order valence-corrected chi connectivity index (χ4v) is 2.82. The molecule has 31 heavy (non-hydrogen) atoms. The Balaban J connectivity index is 1.57. The van der Waals surface area contributed by atoms with Crippen LogP contribution in [0.15, 0.2) is 24.3 Å². The summed E-state index contributed by atoms with van der Waals surface area (Å²) in [4.78, 5) is 60.7. The molecule has 0 unspecified atom stereocenters. The van der Waals surface area contributed by atoms with Gasteiger partial charge in [-0.15, -0.1) is 0 Å². The van der Waals surface area contributed by atoms with Crippen molar-refractivity contribution in [2.75, 3.05) is 26.2 Å². The van der Waals surface area contributed by atoms with Gasteiger partial charge in [0.05, 0.1) is 17.7 Å². The molecule has 0 aliphatic carbocycles. The number of fused-ring (bicyclic) bond motifs is 1. The lowest BCUT2D eigenvalue weighted by molar-refractivity contribution is -0.121. The summed E-state index contributed by atoms with van der Waals surface area (Å²) in [7, 11) is 0. The van der Waals surface area contributed by atoms with E-state index in [1.54, 1.807) is 45.0 Å². The Labute approximate surface area is 180 Å². The maximum Gasteiger partial charge on any atom is 0.408 e. The van der Waals surface area contributed by atoms with Crippen LogP contribution in [0.25, 0.3) is 0 Å². The molecule has 10 nitrogen and oxygen atoms in total. The number of imide groups is 1. The van der Waals surface area contributed by atoms with Crippen LogP contribution in [0.1, 0.15) is 54.3 Å². The third kappa shape index (κ3) is 7.40. The summed E-state index contributed by atoms with van der Waals surface area (Å²) in [5, 5.41) is 7.65. The van der Waals surface area contributed by atoms with Crippen molar-refractivity contribution in [1.82, 2.24) is 20.9 Å². The number of carbonyl (C=O) groups excluding carboxylic acids is 5. The number of hydrogen-bond acceptors (Lipinski definition) is 6. The normalized spacial score (nSPS) is 12.9. The lowest BCUT2D eigenvalue weighted by Crippen LogP contribution is -2.40. The summed E-state index contributed by atoms with van der Waals surface area (Å²) < 4.78 is 5.03. The van der Waals surface area contributed by atoms with E-state index in [0.717, 1.165) is 4.90 Å². The molecule has 3 N–H and O–H groups in total. The van der Waals surface area contributed by atoms with Crippen molar-refractivity contribution in [3.8, 4) is 0 Å². The molecule has 0 saturated heterocycles. The van der Waals surface area contributed by atoms with Crippen LogP contribution in [-0.2, 0) is 14.3 Å². The minimum atomic E-state index is -0.673. The first-order valence-electron chi connectivity index (χ1n) is 10.0. The Morgan fingerprint density at radius 1 is 0.903 bits per heavy atom. The van der Waals surface area contributed by atoms with Gasteiger partial charge in [0, 0.05) is 26.1 Å². The zero-order valence-electron chi connectivity index (χ0n) is 17.9. The highest BCUT2D eigenvalue weighted by molar-refractivity contribution is 6.21. The van der Waals surface area contributed by atoms with Crippen LogP contribution in [0.3, 0.4) is 0 Å². The highest BCUT2D eigenvalue weighted by atomic mass is 16.6. The van der Waals surface area contributed by atoms with E-state index in [0.29, 0.717) is 30.6 Å². The lowest BCUT2D eigenvalue weighted by Gasteiger charge is -2.19. The van der Waals surface area contributed by atoms with Gasteiger partial charge in [-0.25, -0.2) is 4.79 Å².